The molecule has 0 aliphatic rings. The van der Waals surface area contributed by atoms with Gasteiger partial charge in [-0.3, -0.25) is 0 Å². The zero-order valence-electron chi connectivity index (χ0n) is 6.44. The summed E-state index contributed by atoms with van der Waals surface area (Å²) in [5, 5.41) is 18.3. The fourth-order valence-corrected chi connectivity index (χ4v) is 1.10. The van der Waals surface area contributed by atoms with Gasteiger partial charge < -0.3 is 10.2 Å². The van der Waals surface area contributed by atoms with Crippen LogP contribution in [-0.4, -0.2) is 21.8 Å². The van der Waals surface area contributed by atoms with E-state index in [4.69, 9.17) is 16.7 Å². The van der Waals surface area contributed by atoms with E-state index in [2.05, 4.69) is 4.98 Å². The molecule has 0 spiro atoms. The van der Waals surface area contributed by atoms with Gasteiger partial charge in [0.2, 0.25) is 0 Å². The highest BCUT2D eigenvalue weighted by molar-refractivity contribution is 6.29. The number of rotatable bonds is 3. The Hall–Kier alpha value is -0.640. The summed E-state index contributed by atoms with van der Waals surface area (Å²) in [5.41, 5.74) is 0.684. The van der Waals surface area contributed by atoms with Crippen LogP contribution in [0.15, 0.2) is 18.3 Å². The molecule has 0 unspecified atom stereocenters. The third-order valence-corrected chi connectivity index (χ3v) is 1.74. The Morgan fingerprint density at radius 3 is 2.92 bits per heavy atom. The molecule has 1 rings (SSSR count). The Kier molecular flexibility index (Phi) is 3.47. The molecule has 0 aromatic carbocycles. The van der Waals surface area contributed by atoms with Crippen LogP contribution >= 0.6 is 11.6 Å². The summed E-state index contributed by atoms with van der Waals surface area (Å²) in [6.07, 6.45) is 1.19. The van der Waals surface area contributed by atoms with Crippen molar-refractivity contribution in [3.05, 3.63) is 29.0 Å². The molecule has 0 bridgehead atoms. The molecule has 1 aromatic heterocycles. The van der Waals surface area contributed by atoms with Gasteiger partial charge in [-0.1, -0.05) is 11.6 Å². The average Bonchev–Trinajstić information content (AvgIpc) is 2.05. The number of pyridine rings is 1. The van der Waals surface area contributed by atoms with Gasteiger partial charge in [0.25, 0.3) is 0 Å². The van der Waals surface area contributed by atoms with E-state index in [1.165, 1.54) is 6.20 Å². The van der Waals surface area contributed by atoms with Crippen LogP contribution in [0.5, 0.6) is 0 Å². The number of aliphatic hydroxyl groups is 2. The standard InChI is InChI=1S/C8H10ClNO2/c9-8-5-6(1-3-10-8)7(12)2-4-11/h1,3,5,7,11-12H,2,4H2/t7-/m0/s1. The maximum absolute atomic E-state index is 9.40. The van der Waals surface area contributed by atoms with Crippen molar-refractivity contribution in [1.29, 1.82) is 0 Å². The lowest BCUT2D eigenvalue weighted by molar-refractivity contribution is 0.134. The largest absolute Gasteiger partial charge is 0.396 e. The molecule has 0 radical (unpaired) electrons. The molecule has 4 heteroatoms. The van der Waals surface area contributed by atoms with Gasteiger partial charge in [0.1, 0.15) is 5.15 Å². The number of halogens is 1. The first kappa shape index (κ1) is 9.45. The van der Waals surface area contributed by atoms with Gasteiger partial charge in [0.05, 0.1) is 6.10 Å². The predicted octanol–water partition coefficient (Wildman–Crippen LogP) is 1.15. The van der Waals surface area contributed by atoms with Crippen molar-refractivity contribution in [2.24, 2.45) is 0 Å². The third-order valence-electron chi connectivity index (χ3n) is 1.54. The third kappa shape index (κ3) is 2.44. The van der Waals surface area contributed by atoms with Crippen LogP contribution in [0, 0.1) is 0 Å². The molecule has 0 amide bonds. The lowest BCUT2D eigenvalue weighted by Gasteiger charge is -2.08. The van der Waals surface area contributed by atoms with Gasteiger partial charge in [-0.2, -0.15) is 0 Å². The number of hydrogen-bond donors (Lipinski definition) is 2. The second-order valence-electron chi connectivity index (χ2n) is 2.44. The van der Waals surface area contributed by atoms with Crippen molar-refractivity contribution in [3.8, 4) is 0 Å². The zero-order chi connectivity index (χ0) is 8.97. The second-order valence-corrected chi connectivity index (χ2v) is 2.83. The lowest BCUT2D eigenvalue weighted by Crippen LogP contribution is -2.00. The van der Waals surface area contributed by atoms with Gasteiger partial charge in [-0.15, -0.1) is 0 Å². The summed E-state index contributed by atoms with van der Waals surface area (Å²) in [6, 6.07) is 3.26. The number of aliphatic hydroxyl groups excluding tert-OH is 2. The van der Waals surface area contributed by atoms with E-state index in [1.807, 2.05) is 0 Å². The van der Waals surface area contributed by atoms with Crippen LogP contribution in [0.25, 0.3) is 0 Å². The summed E-state index contributed by atoms with van der Waals surface area (Å²) in [6.45, 7) is -0.0406. The van der Waals surface area contributed by atoms with Crippen LogP contribution < -0.4 is 0 Å². The quantitative estimate of drug-likeness (QED) is 0.698. The van der Waals surface area contributed by atoms with Gasteiger partial charge in [-0.25, -0.2) is 4.98 Å². The Bertz CT molecular complexity index is 255. The highest BCUT2D eigenvalue weighted by atomic mass is 35.5. The summed E-state index contributed by atoms with van der Waals surface area (Å²) in [4.78, 5) is 3.77. The second kappa shape index (κ2) is 4.40. The molecule has 0 saturated carbocycles. The molecular formula is C8H10ClNO2. The van der Waals surface area contributed by atoms with Gasteiger partial charge in [0.15, 0.2) is 0 Å². The smallest absolute Gasteiger partial charge is 0.129 e. The molecule has 1 aromatic rings. The summed E-state index contributed by atoms with van der Waals surface area (Å²) in [5.74, 6) is 0. The SMILES string of the molecule is OCC[C@H](O)c1ccnc(Cl)c1. The van der Waals surface area contributed by atoms with Crippen molar-refractivity contribution in [2.45, 2.75) is 12.5 Å². The Morgan fingerprint density at radius 1 is 1.58 bits per heavy atom. The van der Waals surface area contributed by atoms with Crippen molar-refractivity contribution < 1.29 is 10.2 Å². The van der Waals surface area contributed by atoms with Crippen LogP contribution in [0.1, 0.15) is 18.1 Å². The highest BCUT2D eigenvalue weighted by Crippen LogP contribution is 2.17. The van der Waals surface area contributed by atoms with Crippen LogP contribution in [-0.2, 0) is 0 Å². The zero-order valence-corrected chi connectivity index (χ0v) is 7.20. The number of nitrogens with zero attached hydrogens (tertiary/aromatic N) is 1. The molecule has 0 fully saturated rings. The van der Waals surface area contributed by atoms with Crippen molar-refractivity contribution in [2.75, 3.05) is 6.61 Å². The summed E-state index contributed by atoms with van der Waals surface area (Å²) in [7, 11) is 0. The van der Waals surface area contributed by atoms with E-state index in [0.29, 0.717) is 17.1 Å². The van der Waals surface area contributed by atoms with E-state index < -0.39 is 6.10 Å². The molecule has 12 heavy (non-hydrogen) atoms. The van der Waals surface area contributed by atoms with Crippen LogP contribution in [0.3, 0.4) is 0 Å². The monoisotopic (exact) mass is 187 g/mol. The maximum atomic E-state index is 9.40. The first-order chi connectivity index (χ1) is 5.74. The van der Waals surface area contributed by atoms with E-state index in [9.17, 15) is 5.11 Å². The van der Waals surface area contributed by atoms with Gasteiger partial charge >= 0.3 is 0 Å². The molecule has 66 valence electrons. The molecule has 0 aliphatic carbocycles. The van der Waals surface area contributed by atoms with Crippen molar-refractivity contribution in [1.82, 2.24) is 4.98 Å². The van der Waals surface area contributed by atoms with E-state index in [-0.39, 0.29) is 6.61 Å². The van der Waals surface area contributed by atoms with Crippen LogP contribution in [0.2, 0.25) is 5.15 Å². The minimum Gasteiger partial charge on any atom is -0.396 e. The van der Waals surface area contributed by atoms with E-state index in [1.54, 1.807) is 12.1 Å². The number of hydrogen-bond acceptors (Lipinski definition) is 3. The summed E-state index contributed by atoms with van der Waals surface area (Å²) < 4.78 is 0. The Balaban J connectivity index is 2.73. The first-order valence-electron chi connectivity index (χ1n) is 3.64. The number of aromatic nitrogens is 1. The minimum atomic E-state index is -0.657. The van der Waals surface area contributed by atoms with Gasteiger partial charge in [-0.05, 0) is 17.7 Å². The van der Waals surface area contributed by atoms with Crippen molar-refractivity contribution in [3.63, 3.8) is 0 Å². The van der Waals surface area contributed by atoms with Crippen LogP contribution in [0.4, 0.5) is 0 Å². The minimum absolute atomic E-state index is 0.0406. The topological polar surface area (TPSA) is 53.4 Å². The lowest BCUT2D eigenvalue weighted by atomic mass is 10.1. The van der Waals surface area contributed by atoms with Crippen molar-refractivity contribution >= 4 is 11.6 Å². The fraction of sp³-hybridized carbons (Fsp3) is 0.375. The first-order valence-corrected chi connectivity index (χ1v) is 4.02. The molecule has 2 N–H and O–H groups in total. The predicted molar refractivity (Wildman–Crippen MR) is 45.9 cm³/mol. The van der Waals surface area contributed by atoms with E-state index in [0.717, 1.165) is 0 Å². The Labute approximate surface area is 75.6 Å². The normalized spacial score (nSPS) is 12.9. The Morgan fingerprint density at radius 2 is 2.33 bits per heavy atom. The average molecular weight is 188 g/mol. The summed E-state index contributed by atoms with van der Waals surface area (Å²) >= 11 is 5.60. The molecular weight excluding hydrogens is 178 g/mol. The molecule has 1 atom stereocenters. The molecule has 0 aliphatic heterocycles. The fourth-order valence-electron chi connectivity index (χ4n) is 0.914. The molecule has 3 nitrogen and oxygen atoms in total. The van der Waals surface area contributed by atoms with E-state index >= 15 is 0 Å². The molecule has 0 saturated heterocycles. The molecule has 1 heterocycles. The van der Waals surface area contributed by atoms with Gasteiger partial charge in [0, 0.05) is 19.2 Å². The maximum Gasteiger partial charge on any atom is 0.129 e. The highest BCUT2D eigenvalue weighted by Gasteiger charge is 2.06.